The van der Waals surface area contributed by atoms with Crippen molar-refractivity contribution in [1.29, 1.82) is 0 Å². The first-order valence-corrected chi connectivity index (χ1v) is 6.82. The number of benzene rings is 2. The average molecular weight is 270 g/mol. The standard InChI is InChI=1S/C17H22N2O/c1-12-5-4-6-15(9-12)19-16(11-18)14-7-8-17(20-3)13(2)10-14/h4-10,16,19H,11,18H2,1-3H3. The topological polar surface area (TPSA) is 47.3 Å². The Morgan fingerprint density at radius 1 is 1.15 bits per heavy atom. The van der Waals surface area contributed by atoms with Gasteiger partial charge >= 0.3 is 0 Å². The van der Waals surface area contributed by atoms with E-state index in [4.69, 9.17) is 10.5 Å². The summed E-state index contributed by atoms with van der Waals surface area (Å²) in [5, 5.41) is 3.48. The lowest BCUT2D eigenvalue weighted by molar-refractivity contribution is 0.411. The molecular weight excluding hydrogens is 248 g/mol. The van der Waals surface area contributed by atoms with Crippen molar-refractivity contribution in [3.63, 3.8) is 0 Å². The Hall–Kier alpha value is -2.00. The molecule has 1 unspecified atom stereocenters. The molecule has 0 spiro atoms. The quantitative estimate of drug-likeness (QED) is 0.875. The van der Waals surface area contributed by atoms with Gasteiger partial charge in [0, 0.05) is 12.2 Å². The van der Waals surface area contributed by atoms with Crippen LogP contribution in [0.25, 0.3) is 0 Å². The fourth-order valence-corrected chi connectivity index (χ4v) is 2.33. The maximum absolute atomic E-state index is 5.92. The van der Waals surface area contributed by atoms with E-state index in [1.165, 1.54) is 11.1 Å². The molecule has 0 aliphatic rings. The molecule has 0 aromatic heterocycles. The van der Waals surface area contributed by atoms with Crippen LogP contribution in [0.1, 0.15) is 22.7 Å². The molecule has 3 N–H and O–H groups in total. The van der Waals surface area contributed by atoms with Crippen molar-refractivity contribution in [2.75, 3.05) is 19.0 Å². The van der Waals surface area contributed by atoms with E-state index in [9.17, 15) is 0 Å². The lowest BCUT2D eigenvalue weighted by atomic mass is 10.0. The fraction of sp³-hybridized carbons (Fsp3) is 0.294. The first-order valence-electron chi connectivity index (χ1n) is 6.82. The van der Waals surface area contributed by atoms with Crippen LogP contribution in [0.15, 0.2) is 42.5 Å². The Morgan fingerprint density at radius 3 is 2.55 bits per heavy atom. The number of aryl methyl sites for hydroxylation is 2. The number of hydrogen-bond acceptors (Lipinski definition) is 3. The zero-order valence-corrected chi connectivity index (χ0v) is 12.3. The third kappa shape index (κ3) is 3.31. The summed E-state index contributed by atoms with van der Waals surface area (Å²) in [5.74, 6) is 0.903. The van der Waals surface area contributed by atoms with Gasteiger partial charge in [0.05, 0.1) is 13.2 Å². The van der Waals surface area contributed by atoms with Crippen LogP contribution in [-0.4, -0.2) is 13.7 Å². The molecule has 0 fully saturated rings. The van der Waals surface area contributed by atoms with Crippen LogP contribution >= 0.6 is 0 Å². The zero-order chi connectivity index (χ0) is 14.5. The van der Waals surface area contributed by atoms with Gasteiger partial charge < -0.3 is 15.8 Å². The molecule has 0 heterocycles. The second-order valence-corrected chi connectivity index (χ2v) is 5.03. The molecule has 2 aromatic rings. The van der Waals surface area contributed by atoms with Gasteiger partial charge in [-0.25, -0.2) is 0 Å². The lowest BCUT2D eigenvalue weighted by Crippen LogP contribution is -2.20. The minimum absolute atomic E-state index is 0.0985. The minimum atomic E-state index is 0.0985. The Bertz CT molecular complexity index is 581. The summed E-state index contributed by atoms with van der Waals surface area (Å²) in [4.78, 5) is 0. The fourth-order valence-electron chi connectivity index (χ4n) is 2.33. The summed E-state index contributed by atoms with van der Waals surface area (Å²) in [7, 11) is 1.69. The monoisotopic (exact) mass is 270 g/mol. The van der Waals surface area contributed by atoms with E-state index in [2.05, 4.69) is 42.6 Å². The van der Waals surface area contributed by atoms with Crippen LogP contribution in [0, 0.1) is 13.8 Å². The van der Waals surface area contributed by atoms with Crippen molar-refractivity contribution in [2.45, 2.75) is 19.9 Å². The van der Waals surface area contributed by atoms with Crippen molar-refractivity contribution >= 4 is 5.69 Å². The highest BCUT2D eigenvalue weighted by atomic mass is 16.5. The van der Waals surface area contributed by atoms with Crippen molar-refractivity contribution in [2.24, 2.45) is 5.73 Å². The Morgan fingerprint density at radius 2 is 1.95 bits per heavy atom. The van der Waals surface area contributed by atoms with E-state index in [1.54, 1.807) is 7.11 Å². The zero-order valence-electron chi connectivity index (χ0n) is 12.3. The second-order valence-electron chi connectivity index (χ2n) is 5.03. The molecule has 2 aromatic carbocycles. The van der Waals surface area contributed by atoms with E-state index >= 15 is 0 Å². The van der Waals surface area contributed by atoms with E-state index in [1.807, 2.05) is 19.1 Å². The van der Waals surface area contributed by atoms with E-state index in [0.717, 1.165) is 17.0 Å². The molecule has 3 heteroatoms. The van der Waals surface area contributed by atoms with Crippen molar-refractivity contribution in [3.8, 4) is 5.75 Å². The van der Waals surface area contributed by atoms with E-state index in [0.29, 0.717) is 6.54 Å². The third-order valence-corrected chi connectivity index (χ3v) is 3.42. The van der Waals surface area contributed by atoms with Crippen molar-refractivity contribution in [1.82, 2.24) is 0 Å². The Kier molecular flexibility index (Phi) is 4.64. The van der Waals surface area contributed by atoms with Crippen LogP contribution in [0.2, 0.25) is 0 Å². The first kappa shape index (κ1) is 14.4. The van der Waals surface area contributed by atoms with Gasteiger partial charge in [-0.1, -0.05) is 24.3 Å². The van der Waals surface area contributed by atoms with Crippen LogP contribution in [-0.2, 0) is 0 Å². The first-order chi connectivity index (χ1) is 9.63. The maximum atomic E-state index is 5.92. The predicted octanol–water partition coefficient (Wildman–Crippen LogP) is 3.42. The molecule has 0 aliphatic carbocycles. The number of nitrogens with one attached hydrogen (secondary N) is 1. The number of rotatable bonds is 5. The van der Waals surface area contributed by atoms with Crippen LogP contribution in [0.4, 0.5) is 5.69 Å². The highest BCUT2D eigenvalue weighted by molar-refractivity contribution is 5.48. The molecule has 3 nitrogen and oxygen atoms in total. The highest BCUT2D eigenvalue weighted by Crippen LogP contribution is 2.25. The molecule has 0 radical (unpaired) electrons. The number of methoxy groups -OCH3 is 1. The van der Waals surface area contributed by atoms with Crippen molar-refractivity contribution in [3.05, 3.63) is 59.2 Å². The molecule has 0 aliphatic heterocycles. The summed E-state index contributed by atoms with van der Waals surface area (Å²) in [6, 6.07) is 14.6. The summed E-state index contributed by atoms with van der Waals surface area (Å²) in [5.41, 5.74) is 10.5. The maximum Gasteiger partial charge on any atom is 0.121 e. The minimum Gasteiger partial charge on any atom is -0.496 e. The van der Waals surface area contributed by atoms with Crippen LogP contribution in [0.5, 0.6) is 5.75 Å². The average Bonchev–Trinajstić information content (AvgIpc) is 2.44. The molecule has 0 amide bonds. The lowest BCUT2D eigenvalue weighted by Gasteiger charge is -2.20. The Labute approximate surface area is 120 Å². The summed E-state index contributed by atoms with van der Waals surface area (Å²) >= 11 is 0. The predicted molar refractivity (Wildman–Crippen MR) is 84.3 cm³/mol. The number of hydrogen-bond donors (Lipinski definition) is 2. The normalized spacial score (nSPS) is 12.0. The van der Waals surface area contributed by atoms with E-state index in [-0.39, 0.29) is 6.04 Å². The molecule has 2 rings (SSSR count). The van der Waals surface area contributed by atoms with Crippen molar-refractivity contribution < 1.29 is 4.74 Å². The summed E-state index contributed by atoms with van der Waals surface area (Å²) in [6.45, 7) is 4.67. The third-order valence-electron chi connectivity index (χ3n) is 3.42. The number of ether oxygens (including phenoxy) is 1. The largest absolute Gasteiger partial charge is 0.496 e. The van der Waals surface area contributed by atoms with Gasteiger partial charge in [-0.15, -0.1) is 0 Å². The molecule has 1 atom stereocenters. The van der Waals surface area contributed by atoms with E-state index < -0.39 is 0 Å². The molecular formula is C17H22N2O. The molecule has 106 valence electrons. The van der Waals surface area contributed by atoms with Gasteiger partial charge in [0.25, 0.3) is 0 Å². The molecule has 0 saturated heterocycles. The number of nitrogens with two attached hydrogens (primary N) is 1. The second kappa shape index (κ2) is 6.44. The Balaban J connectivity index is 2.22. The summed E-state index contributed by atoms with van der Waals surface area (Å²) < 4.78 is 5.30. The van der Waals surface area contributed by atoms with Gasteiger partial charge in [-0.2, -0.15) is 0 Å². The van der Waals surface area contributed by atoms with Crippen LogP contribution in [0.3, 0.4) is 0 Å². The van der Waals surface area contributed by atoms with Gasteiger partial charge in [0.2, 0.25) is 0 Å². The molecule has 20 heavy (non-hydrogen) atoms. The van der Waals surface area contributed by atoms with Crippen LogP contribution < -0.4 is 15.8 Å². The highest BCUT2D eigenvalue weighted by Gasteiger charge is 2.11. The van der Waals surface area contributed by atoms with Gasteiger partial charge in [0.1, 0.15) is 5.75 Å². The SMILES string of the molecule is COc1ccc(C(CN)Nc2cccc(C)c2)cc1C. The number of anilines is 1. The smallest absolute Gasteiger partial charge is 0.121 e. The molecule has 0 bridgehead atoms. The van der Waals surface area contributed by atoms with Gasteiger partial charge in [-0.3, -0.25) is 0 Å². The summed E-state index contributed by atoms with van der Waals surface area (Å²) in [6.07, 6.45) is 0. The molecule has 0 saturated carbocycles. The van der Waals surface area contributed by atoms with Gasteiger partial charge in [0.15, 0.2) is 0 Å². The van der Waals surface area contributed by atoms with Gasteiger partial charge in [-0.05, 0) is 48.7 Å².